The van der Waals surface area contributed by atoms with E-state index in [0.29, 0.717) is 5.56 Å². The Morgan fingerprint density at radius 2 is 1.61 bits per heavy atom. The molecule has 0 aliphatic heterocycles. The number of nitrogens with one attached hydrogen (secondary N) is 3. The third kappa shape index (κ3) is 9.23. The number of aliphatic carboxylic acids is 2. The number of benzene rings is 1. The highest BCUT2D eigenvalue weighted by molar-refractivity contribution is 5.93. The van der Waals surface area contributed by atoms with E-state index in [-0.39, 0.29) is 6.42 Å². The van der Waals surface area contributed by atoms with Crippen molar-refractivity contribution in [3.05, 3.63) is 35.9 Å². The molecular weight excluding hydrogens is 412 g/mol. The van der Waals surface area contributed by atoms with Crippen LogP contribution in [0.5, 0.6) is 0 Å². The number of carboxylic acid groups (broad SMARTS) is 2. The van der Waals surface area contributed by atoms with Crippen LogP contribution in [-0.4, -0.2) is 75.8 Å². The number of amides is 3. The maximum Gasteiger partial charge on any atom is 0.326 e. The fourth-order valence-corrected chi connectivity index (χ4v) is 2.52. The molecular formula is C19H26N4O8. The standard InChI is InChI=1S/C19H26N4O8/c1-10(24)16(23-14(25)9-21-17(28)12(20)8-15(26)27)18(29)22-13(19(30)31)7-11-5-3-2-4-6-11/h2-6,10,12-13,16,24H,7-9,20H2,1H3,(H,21,28)(H,22,29)(H,23,25)(H,26,27)(H,30,31). The SMILES string of the molecule is CC(O)C(NC(=O)CNC(=O)C(N)CC(=O)O)C(=O)NC(Cc1ccccc1)C(=O)O. The molecule has 0 saturated heterocycles. The van der Waals surface area contributed by atoms with Crippen LogP contribution in [0.25, 0.3) is 0 Å². The summed E-state index contributed by atoms with van der Waals surface area (Å²) < 4.78 is 0. The van der Waals surface area contributed by atoms with E-state index in [9.17, 15) is 34.2 Å². The van der Waals surface area contributed by atoms with Crippen molar-refractivity contribution in [3.8, 4) is 0 Å². The van der Waals surface area contributed by atoms with Crippen molar-refractivity contribution in [1.29, 1.82) is 0 Å². The lowest BCUT2D eigenvalue weighted by atomic mass is 10.0. The fourth-order valence-electron chi connectivity index (χ4n) is 2.52. The van der Waals surface area contributed by atoms with Crippen LogP contribution in [0.15, 0.2) is 30.3 Å². The van der Waals surface area contributed by atoms with Crippen molar-refractivity contribution in [2.24, 2.45) is 5.73 Å². The van der Waals surface area contributed by atoms with Gasteiger partial charge in [0.2, 0.25) is 17.7 Å². The van der Waals surface area contributed by atoms with E-state index in [4.69, 9.17) is 10.8 Å². The molecule has 0 aliphatic carbocycles. The first kappa shape index (κ1) is 25.5. The second kappa shape index (κ2) is 12.2. The van der Waals surface area contributed by atoms with Gasteiger partial charge in [-0.2, -0.15) is 0 Å². The van der Waals surface area contributed by atoms with E-state index in [2.05, 4.69) is 16.0 Å². The first-order valence-corrected chi connectivity index (χ1v) is 9.30. The van der Waals surface area contributed by atoms with Gasteiger partial charge in [0.05, 0.1) is 25.1 Å². The van der Waals surface area contributed by atoms with E-state index < -0.39 is 66.9 Å². The number of hydrogen-bond acceptors (Lipinski definition) is 7. The summed E-state index contributed by atoms with van der Waals surface area (Å²) >= 11 is 0. The maximum absolute atomic E-state index is 12.5. The lowest BCUT2D eigenvalue weighted by Crippen LogP contribution is -2.57. The quantitative estimate of drug-likeness (QED) is 0.185. The second-order valence-electron chi connectivity index (χ2n) is 6.80. The number of carbonyl (C=O) groups is 5. The zero-order chi connectivity index (χ0) is 23.6. The van der Waals surface area contributed by atoms with E-state index in [1.165, 1.54) is 6.92 Å². The molecule has 0 heterocycles. The summed E-state index contributed by atoms with van der Waals surface area (Å²) in [5.74, 6) is -5.27. The van der Waals surface area contributed by atoms with Crippen LogP contribution >= 0.6 is 0 Å². The molecule has 0 fully saturated rings. The number of aliphatic hydroxyl groups excluding tert-OH is 1. The number of rotatable bonds is 12. The molecule has 0 spiro atoms. The minimum atomic E-state index is -1.49. The van der Waals surface area contributed by atoms with Gasteiger partial charge < -0.3 is 37.0 Å². The summed E-state index contributed by atoms with van der Waals surface area (Å²) in [6.07, 6.45) is -2.02. The summed E-state index contributed by atoms with van der Waals surface area (Å²) in [5, 5.41) is 34.4. The highest BCUT2D eigenvalue weighted by atomic mass is 16.4. The van der Waals surface area contributed by atoms with Gasteiger partial charge in [0.1, 0.15) is 12.1 Å². The molecule has 4 unspecified atom stereocenters. The normalized spacial score (nSPS) is 14.4. The minimum absolute atomic E-state index is 0.0140. The van der Waals surface area contributed by atoms with Crippen molar-refractivity contribution < 1.29 is 39.3 Å². The Hall–Kier alpha value is -3.51. The van der Waals surface area contributed by atoms with Gasteiger partial charge in [-0.1, -0.05) is 30.3 Å². The highest BCUT2D eigenvalue weighted by Gasteiger charge is 2.30. The number of carbonyl (C=O) groups excluding carboxylic acids is 3. The van der Waals surface area contributed by atoms with Crippen molar-refractivity contribution in [1.82, 2.24) is 16.0 Å². The van der Waals surface area contributed by atoms with Gasteiger partial charge >= 0.3 is 11.9 Å². The lowest BCUT2D eigenvalue weighted by molar-refractivity contribution is -0.142. The van der Waals surface area contributed by atoms with Crippen LogP contribution < -0.4 is 21.7 Å². The van der Waals surface area contributed by atoms with E-state index in [0.717, 1.165) is 0 Å². The van der Waals surface area contributed by atoms with Crippen LogP contribution in [-0.2, 0) is 30.4 Å². The zero-order valence-electron chi connectivity index (χ0n) is 16.8. The fraction of sp³-hybridized carbons (Fsp3) is 0.421. The summed E-state index contributed by atoms with van der Waals surface area (Å²) in [7, 11) is 0. The molecule has 3 amide bonds. The van der Waals surface area contributed by atoms with E-state index >= 15 is 0 Å². The summed E-state index contributed by atoms with van der Waals surface area (Å²) in [4.78, 5) is 58.2. The Morgan fingerprint density at radius 3 is 2.13 bits per heavy atom. The number of nitrogens with two attached hydrogens (primary N) is 1. The lowest BCUT2D eigenvalue weighted by Gasteiger charge is -2.23. The topological polar surface area (TPSA) is 208 Å². The average Bonchev–Trinajstić information content (AvgIpc) is 2.69. The van der Waals surface area contributed by atoms with Crippen LogP contribution in [0.1, 0.15) is 18.9 Å². The Morgan fingerprint density at radius 1 is 1.00 bits per heavy atom. The molecule has 170 valence electrons. The Kier molecular flexibility index (Phi) is 10.1. The van der Waals surface area contributed by atoms with E-state index in [1.54, 1.807) is 30.3 Å². The number of carboxylic acids is 2. The van der Waals surface area contributed by atoms with Crippen molar-refractivity contribution in [2.45, 2.75) is 44.0 Å². The molecule has 8 N–H and O–H groups in total. The summed E-state index contributed by atoms with van der Waals surface area (Å²) in [5.41, 5.74) is 6.02. The molecule has 12 nitrogen and oxygen atoms in total. The first-order chi connectivity index (χ1) is 14.5. The molecule has 0 bridgehead atoms. The third-order valence-electron chi connectivity index (χ3n) is 4.13. The maximum atomic E-state index is 12.5. The Bertz CT molecular complexity index is 799. The molecule has 1 aromatic rings. The molecule has 0 saturated carbocycles. The van der Waals surface area contributed by atoms with Gasteiger partial charge in [-0.15, -0.1) is 0 Å². The van der Waals surface area contributed by atoms with Crippen molar-refractivity contribution in [3.63, 3.8) is 0 Å². The predicted octanol–water partition coefficient (Wildman–Crippen LogP) is -2.42. The second-order valence-corrected chi connectivity index (χ2v) is 6.80. The Labute approximate surface area is 177 Å². The zero-order valence-corrected chi connectivity index (χ0v) is 16.8. The van der Waals surface area contributed by atoms with Crippen LogP contribution in [0, 0.1) is 0 Å². The summed E-state index contributed by atoms with van der Waals surface area (Å²) in [6.45, 7) is 0.591. The first-order valence-electron chi connectivity index (χ1n) is 9.30. The monoisotopic (exact) mass is 438 g/mol. The minimum Gasteiger partial charge on any atom is -0.481 e. The van der Waals surface area contributed by atoms with Gasteiger partial charge in [0.15, 0.2) is 0 Å². The smallest absolute Gasteiger partial charge is 0.326 e. The molecule has 12 heteroatoms. The van der Waals surface area contributed by atoms with Gasteiger partial charge in [-0.25, -0.2) is 4.79 Å². The largest absolute Gasteiger partial charge is 0.481 e. The van der Waals surface area contributed by atoms with Gasteiger partial charge in [0, 0.05) is 6.42 Å². The van der Waals surface area contributed by atoms with E-state index in [1.807, 2.05) is 0 Å². The highest BCUT2D eigenvalue weighted by Crippen LogP contribution is 2.05. The van der Waals surface area contributed by atoms with Crippen LogP contribution in [0.3, 0.4) is 0 Å². The average molecular weight is 438 g/mol. The van der Waals surface area contributed by atoms with Crippen LogP contribution in [0.2, 0.25) is 0 Å². The molecule has 1 aromatic carbocycles. The van der Waals surface area contributed by atoms with Crippen molar-refractivity contribution >= 4 is 29.7 Å². The molecule has 0 aliphatic rings. The van der Waals surface area contributed by atoms with Crippen molar-refractivity contribution in [2.75, 3.05) is 6.54 Å². The number of hydrogen-bond donors (Lipinski definition) is 7. The molecule has 0 aromatic heterocycles. The predicted molar refractivity (Wildman–Crippen MR) is 107 cm³/mol. The third-order valence-corrected chi connectivity index (χ3v) is 4.13. The Balaban J connectivity index is 2.69. The number of aliphatic hydroxyl groups is 1. The van der Waals surface area contributed by atoms with Gasteiger partial charge in [0.25, 0.3) is 0 Å². The molecule has 31 heavy (non-hydrogen) atoms. The molecule has 0 radical (unpaired) electrons. The van der Waals surface area contributed by atoms with Crippen LogP contribution in [0.4, 0.5) is 0 Å². The van der Waals surface area contributed by atoms with Gasteiger partial charge in [-0.05, 0) is 12.5 Å². The molecule has 4 atom stereocenters. The summed E-state index contributed by atoms with van der Waals surface area (Å²) in [6, 6.07) is 4.40. The molecule has 1 rings (SSSR count). The van der Waals surface area contributed by atoms with Gasteiger partial charge in [-0.3, -0.25) is 19.2 Å².